The minimum absolute atomic E-state index is 0.0393. The third-order valence-corrected chi connectivity index (χ3v) is 4.41. The van der Waals surface area contributed by atoms with E-state index in [1.165, 1.54) is 0 Å². The number of amides is 1. The summed E-state index contributed by atoms with van der Waals surface area (Å²) in [5, 5.41) is 6.50. The molecule has 24 heavy (non-hydrogen) atoms. The van der Waals surface area contributed by atoms with Crippen molar-refractivity contribution in [2.24, 2.45) is 0 Å². The first kappa shape index (κ1) is 14.5. The molecule has 1 aliphatic rings. The molecule has 118 valence electrons. The Bertz CT molecular complexity index is 903. The molecule has 3 aromatic carbocycles. The van der Waals surface area contributed by atoms with Gasteiger partial charge >= 0.3 is 0 Å². The molecule has 4 rings (SSSR count). The van der Waals surface area contributed by atoms with Crippen LogP contribution in [0.4, 0.5) is 5.69 Å². The second kappa shape index (κ2) is 5.85. The van der Waals surface area contributed by atoms with Crippen LogP contribution in [0.1, 0.15) is 27.7 Å². The lowest BCUT2D eigenvalue weighted by atomic mass is 9.99. The fourth-order valence-electron chi connectivity index (χ4n) is 3.13. The first-order valence-electron chi connectivity index (χ1n) is 8.05. The van der Waals surface area contributed by atoms with E-state index in [0.717, 1.165) is 27.9 Å². The fraction of sp³-hybridized carbons (Fsp3) is 0.0952. The number of benzene rings is 3. The van der Waals surface area contributed by atoms with E-state index in [1.807, 2.05) is 55.5 Å². The quantitative estimate of drug-likeness (QED) is 0.730. The highest BCUT2D eigenvalue weighted by Gasteiger charge is 2.25. The number of fused-ring (bicyclic) bond motifs is 1. The molecule has 0 aromatic heterocycles. The Morgan fingerprint density at radius 2 is 1.54 bits per heavy atom. The Morgan fingerprint density at radius 3 is 2.38 bits per heavy atom. The van der Waals surface area contributed by atoms with Crippen LogP contribution in [0, 0.1) is 6.92 Å². The van der Waals surface area contributed by atoms with Crippen LogP contribution >= 0.6 is 0 Å². The number of nitrogens with one attached hydrogen (secondary N) is 2. The van der Waals surface area contributed by atoms with Crippen LogP contribution in [0.3, 0.4) is 0 Å². The number of hydrogen-bond donors (Lipinski definition) is 2. The average molecular weight is 314 g/mol. The Labute approximate surface area is 141 Å². The number of para-hydroxylation sites is 1. The van der Waals surface area contributed by atoms with Gasteiger partial charge in [-0.15, -0.1) is 0 Å². The van der Waals surface area contributed by atoms with Gasteiger partial charge in [0.05, 0.1) is 11.3 Å². The van der Waals surface area contributed by atoms with E-state index in [0.29, 0.717) is 5.56 Å². The Morgan fingerprint density at radius 1 is 0.792 bits per heavy atom. The summed E-state index contributed by atoms with van der Waals surface area (Å²) >= 11 is 0. The molecule has 0 bridgehead atoms. The van der Waals surface area contributed by atoms with E-state index in [9.17, 15) is 4.79 Å². The van der Waals surface area contributed by atoms with Crippen LogP contribution in [0.25, 0.3) is 11.1 Å². The number of rotatable bonds is 2. The highest BCUT2D eigenvalue weighted by atomic mass is 16.2. The third kappa shape index (κ3) is 2.54. The molecule has 0 spiro atoms. The van der Waals surface area contributed by atoms with Gasteiger partial charge < -0.3 is 10.6 Å². The maximum Gasteiger partial charge on any atom is 0.255 e. The first-order valence-corrected chi connectivity index (χ1v) is 8.05. The minimum Gasteiger partial charge on any atom is -0.361 e. The standard InChI is InChI=1S/C21H18N2O/c1-14-7-5-12-18-19(14)22-20(23-21(18)24)17-11-6-10-16(13-17)15-8-3-2-4-9-15/h2-13,20,22H,1H3,(H,23,24)/t20-/m0/s1. The van der Waals surface area contributed by atoms with Crippen LogP contribution in [0.5, 0.6) is 0 Å². The van der Waals surface area contributed by atoms with E-state index in [2.05, 4.69) is 34.9 Å². The van der Waals surface area contributed by atoms with Crippen molar-refractivity contribution in [1.29, 1.82) is 0 Å². The highest BCUT2D eigenvalue weighted by Crippen LogP contribution is 2.30. The predicted molar refractivity (Wildman–Crippen MR) is 96.9 cm³/mol. The largest absolute Gasteiger partial charge is 0.361 e. The zero-order valence-electron chi connectivity index (χ0n) is 13.4. The van der Waals surface area contributed by atoms with Gasteiger partial charge in [0.2, 0.25) is 0 Å². The van der Waals surface area contributed by atoms with Gasteiger partial charge in [-0.1, -0.05) is 60.7 Å². The molecule has 3 aromatic rings. The molecule has 3 heteroatoms. The van der Waals surface area contributed by atoms with Gasteiger partial charge in [0.15, 0.2) is 0 Å². The lowest BCUT2D eigenvalue weighted by molar-refractivity contribution is 0.0935. The zero-order chi connectivity index (χ0) is 16.5. The van der Waals surface area contributed by atoms with Gasteiger partial charge in [-0.2, -0.15) is 0 Å². The number of carbonyl (C=O) groups excluding carboxylic acids is 1. The van der Waals surface area contributed by atoms with Crippen LogP contribution in [0.2, 0.25) is 0 Å². The van der Waals surface area contributed by atoms with E-state index in [-0.39, 0.29) is 12.1 Å². The van der Waals surface area contributed by atoms with Crippen molar-refractivity contribution in [1.82, 2.24) is 5.32 Å². The SMILES string of the molecule is Cc1cccc2c1N[C@H](c1cccc(-c3ccccc3)c1)NC2=O. The summed E-state index contributed by atoms with van der Waals surface area (Å²) in [7, 11) is 0. The second-order valence-corrected chi connectivity index (χ2v) is 6.04. The molecule has 1 aliphatic heterocycles. The molecular formula is C21H18N2O. The zero-order valence-corrected chi connectivity index (χ0v) is 13.4. The molecule has 0 saturated heterocycles. The predicted octanol–water partition coefficient (Wildman–Crippen LogP) is 4.52. The molecule has 1 heterocycles. The molecule has 0 fully saturated rings. The van der Waals surface area contributed by atoms with Crippen LogP contribution in [0.15, 0.2) is 72.8 Å². The molecule has 1 atom stereocenters. The fourth-order valence-corrected chi connectivity index (χ4v) is 3.13. The van der Waals surface area contributed by atoms with Gasteiger partial charge in [0, 0.05) is 0 Å². The average Bonchev–Trinajstić information content (AvgIpc) is 2.63. The third-order valence-electron chi connectivity index (χ3n) is 4.41. The van der Waals surface area contributed by atoms with Crippen LogP contribution < -0.4 is 10.6 Å². The number of aryl methyl sites for hydroxylation is 1. The lowest BCUT2D eigenvalue weighted by Gasteiger charge is -2.29. The van der Waals surface area contributed by atoms with Crippen LogP contribution in [-0.2, 0) is 0 Å². The van der Waals surface area contributed by atoms with E-state index in [4.69, 9.17) is 0 Å². The molecule has 0 radical (unpaired) electrons. The van der Waals surface area contributed by atoms with E-state index in [1.54, 1.807) is 0 Å². The molecule has 0 unspecified atom stereocenters. The second-order valence-electron chi connectivity index (χ2n) is 6.04. The van der Waals surface area contributed by atoms with Gasteiger partial charge in [-0.3, -0.25) is 4.79 Å². The summed E-state index contributed by atoms with van der Waals surface area (Å²) in [6, 6.07) is 24.3. The highest BCUT2D eigenvalue weighted by molar-refractivity contribution is 6.02. The normalized spacial score (nSPS) is 16.0. The molecular weight excluding hydrogens is 296 g/mol. The number of anilines is 1. The monoisotopic (exact) mass is 314 g/mol. The maximum absolute atomic E-state index is 12.4. The summed E-state index contributed by atoms with van der Waals surface area (Å²) in [5.41, 5.74) is 6.03. The van der Waals surface area contributed by atoms with Gasteiger partial charge in [0.1, 0.15) is 6.17 Å². The van der Waals surface area contributed by atoms with Gasteiger partial charge in [-0.25, -0.2) is 0 Å². The van der Waals surface area contributed by atoms with Gasteiger partial charge in [0.25, 0.3) is 5.91 Å². The Balaban J connectivity index is 1.71. The molecule has 2 N–H and O–H groups in total. The smallest absolute Gasteiger partial charge is 0.255 e. The summed E-state index contributed by atoms with van der Waals surface area (Å²) in [6.45, 7) is 2.02. The van der Waals surface area contributed by atoms with Crippen molar-refractivity contribution >= 4 is 11.6 Å². The van der Waals surface area contributed by atoms with Gasteiger partial charge in [-0.05, 0) is 41.3 Å². The Hall–Kier alpha value is -3.07. The van der Waals surface area contributed by atoms with E-state index < -0.39 is 0 Å². The van der Waals surface area contributed by atoms with Crippen molar-refractivity contribution < 1.29 is 4.79 Å². The topological polar surface area (TPSA) is 41.1 Å². The maximum atomic E-state index is 12.4. The van der Waals surface area contributed by atoms with Crippen LogP contribution in [-0.4, -0.2) is 5.91 Å². The molecule has 0 saturated carbocycles. The molecule has 0 aliphatic carbocycles. The molecule has 1 amide bonds. The van der Waals surface area contributed by atoms with Crippen molar-refractivity contribution in [3.05, 3.63) is 89.5 Å². The summed E-state index contributed by atoms with van der Waals surface area (Å²) in [5.74, 6) is -0.0393. The summed E-state index contributed by atoms with van der Waals surface area (Å²) in [4.78, 5) is 12.4. The minimum atomic E-state index is -0.227. The van der Waals surface area contributed by atoms with E-state index >= 15 is 0 Å². The van der Waals surface area contributed by atoms with Crippen molar-refractivity contribution in [2.75, 3.05) is 5.32 Å². The number of carbonyl (C=O) groups is 1. The molecule has 3 nitrogen and oxygen atoms in total. The lowest BCUT2D eigenvalue weighted by Crippen LogP contribution is -2.38. The van der Waals surface area contributed by atoms with Crippen molar-refractivity contribution in [2.45, 2.75) is 13.1 Å². The summed E-state index contributed by atoms with van der Waals surface area (Å²) < 4.78 is 0. The van der Waals surface area contributed by atoms with Crippen molar-refractivity contribution in [3.63, 3.8) is 0 Å². The van der Waals surface area contributed by atoms with Crippen molar-refractivity contribution in [3.8, 4) is 11.1 Å². The number of hydrogen-bond acceptors (Lipinski definition) is 2. The first-order chi connectivity index (χ1) is 11.7. The summed E-state index contributed by atoms with van der Waals surface area (Å²) in [6.07, 6.45) is -0.227. The Kier molecular flexibility index (Phi) is 3.54.